The Hall–Kier alpha value is -1.28. The fourth-order valence-corrected chi connectivity index (χ4v) is 3.94. The van der Waals surface area contributed by atoms with Crippen molar-refractivity contribution in [2.24, 2.45) is 0 Å². The van der Waals surface area contributed by atoms with Gasteiger partial charge in [0, 0.05) is 22.8 Å². The molecule has 0 radical (unpaired) electrons. The van der Waals surface area contributed by atoms with Crippen LogP contribution in [-0.2, 0) is 10.0 Å². The van der Waals surface area contributed by atoms with Crippen molar-refractivity contribution in [2.45, 2.75) is 17.9 Å². The summed E-state index contributed by atoms with van der Waals surface area (Å²) >= 11 is 11.7. The van der Waals surface area contributed by atoms with Crippen LogP contribution in [0.15, 0.2) is 29.4 Å². The minimum absolute atomic E-state index is 0.00519. The summed E-state index contributed by atoms with van der Waals surface area (Å²) in [7, 11) is -3.87. The van der Waals surface area contributed by atoms with Crippen LogP contribution in [0, 0.1) is 0 Å². The summed E-state index contributed by atoms with van der Waals surface area (Å²) < 4.78 is 27.2. The number of nitrogens with zero attached hydrogens (tertiary/aromatic N) is 1. The molecule has 1 atom stereocenters. The quantitative estimate of drug-likeness (QED) is 0.747. The Balaban J connectivity index is 2.37. The largest absolute Gasteiger partial charge is 0.398 e. The van der Waals surface area contributed by atoms with Crippen molar-refractivity contribution in [1.82, 2.24) is 14.9 Å². The third kappa shape index (κ3) is 3.06. The van der Waals surface area contributed by atoms with Gasteiger partial charge in [0.15, 0.2) is 0 Å². The van der Waals surface area contributed by atoms with E-state index in [2.05, 4.69) is 14.9 Å². The monoisotopic (exact) mass is 334 g/mol. The van der Waals surface area contributed by atoms with E-state index in [0.29, 0.717) is 5.56 Å². The van der Waals surface area contributed by atoms with Gasteiger partial charge in [-0.1, -0.05) is 23.2 Å². The Labute approximate surface area is 126 Å². The number of aromatic amines is 1. The summed E-state index contributed by atoms with van der Waals surface area (Å²) in [5.41, 5.74) is 6.38. The Morgan fingerprint density at radius 3 is 2.65 bits per heavy atom. The number of aromatic nitrogens is 2. The summed E-state index contributed by atoms with van der Waals surface area (Å²) in [6.07, 6.45) is 3.13. The van der Waals surface area contributed by atoms with Crippen LogP contribution >= 0.6 is 23.2 Å². The molecule has 6 nitrogen and oxygen atoms in total. The van der Waals surface area contributed by atoms with Crippen LogP contribution in [-0.4, -0.2) is 18.6 Å². The lowest BCUT2D eigenvalue weighted by molar-refractivity contribution is 0.567. The number of H-pyrrole nitrogens is 1. The number of nitrogens with one attached hydrogen (secondary N) is 2. The number of sulfonamides is 1. The molecule has 1 heterocycles. The molecule has 0 bridgehead atoms. The number of anilines is 1. The Morgan fingerprint density at radius 1 is 1.40 bits per heavy atom. The van der Waals surface area contributed by atoms with Crippen LogP contribution in [0.1, 0.15) is 18.5 Å². The normalized spacial score (nSPS) is 13.3. The van der Waals surface area contributed by atoms with Crippen LogP contribution in [0.4, 0.5) is 5.69 Å². The number of halogens is 2. The number of benzene rings is 1. The highest BCUT2D eigenvalue weighted by Gasteiger charge is 2.24. The van der Waals surface area contributed by atoms with Crippen molar-refractivity contribution in [2.75, 3.05) is 5.73 Å². The smallest absolute Gasteiger partial charge is 0.244 e. The number of nitrogen functional groups attached to an aromatic ring is 1. The van der Waals surface area contributed by atoms with Crippen LogP contribution < -0.4 is 10.5 Å². The van der Waals surface area contributed by atoms with Gasteiger partial charge >= 0.3 is 0 Å². The Kier molecular flexibility index (Phi) is 4.24. The van der Waals surface area contributed by atoms with E-state index in [1.807, 2.05) is 0 Å². The molecular weight excluding hydrogens is 323 g/mol. The van der Waals surface area contributed by atoms with E-state index in [1.165, 1.54) is 18.3 Å². The van der Waals surface area contributed by atoms with Gasteiger partial charge in [0.05, 0.1) is 16.9 Å². The zero-order valence-electron chi connectivity index (χ0n) is 10.4. The maximum atomic E-state index is 12.3. The lowest BCUT2D eigenvalue weighted by atomic mass is 10.2. The van der Waals surface area contributed by atoms with Gasteiger partial charge in [-0.15, -0.1) is 0 Å². The van der Waals surface area contributed by atoms with Crippen molar-refractivity contribution in [3.8, 4) is 0 Å². The second kappa shape index (κ2) is 5.61. The molecular formula is C11H12Cl2N4O2S. The van der Waals surface area contributed by atoms with Gasteiger partial charge in [-0.2, -0.15) is 5.10 Å². The number of hydrogen-bond acceptors (Lipinski definition) is 4. The standard InChI is InChI=1S/C11H12Cl2N4O2S/c1-6(7-4-15-16-5-7)17-20(18,19)11-9(13)2-8(12)3-10(11)14/h2-6,17H,14H2,1H3,(H,15,16). The average molecular weight is 335 g/mol. The second-order valence-electron chi connectivity index (χ2n) is 4.18. The lowest BCUT2D eigenvalue weighted by Crippen LogP contribution is -2.27. The fourth-order valence-electron chi connectivity index (χ4n) is 1.72. The molecule has 0 amide bonds. The second-order valence-corrected chi connectivity index (χ2v) is 6.68. The zero-order valence-corrected chi connectivity index (χ0v) is 12.7. The zero-order chi connectivity index (χ0) is 14.9. The Bertz CT molecular complexity index is 693. The van der Waals surface area contributed by atoms with E-state index in [9.17, 15) is 8.42 Å². The number of rotatable bonds is 4. The first-order valence-corrected chi connectivity index (χ1v) is 7.80. The molecule has 0 aliphatic heterocycles. The highest BCUT2D eigenvalue weighted by Crippen LogP contribution is 2.31. The maximum absolute atomic E-state index is 12.3. The number of hydrogen-bond donors (Lipinski definition) is 3. The first-order chi connectivity index (χ1) is 9.31. The van der Waals surface area contributed by atoms with Crippen molar-refractivity contribution in [3.63, 3.8) is 0 Å². The van der Waals surface area contributed by atoms with Crippen LogP contribution in [0.5, 0.6) is 0 Å². The molecule has 0 fully saturated rings. The summed E-state index contributed by atoms with van der Waals surface area (Å²) in [5.74, 6) is 0. The third-order valence-corrected chi connectivity index (χ3v) is 4.94. The molecule has 2 aromatic rings. The molecule has 20 heavy (non-hydrogen) atoms. The van der Waals surface area contributed by atoms with Gasteiger partial charge in [0.1, 0.15) is 4.90 Å². The van der Waals surface area contributed by atoms with E-state index < -0.39 is 16.1 Å². The van der Waals surface area contributed by atoms with Crippen molar-refractivity contribution < 1.29 is 8.42 Å². The molecule has 1 aromatic heterocycles. The van der Waals surface area contributed by atoms with Crippen LogP contribution in [0.25, 0.3) is 0 Å². The van der Waals surface area contributed by atoms with E-state index in [0.717, 1.165) is 0 Å². The molecule has 0 spiro atoms. The van der Waals surface area contributed by atoms with Crippen LogP contribution in [0.2, 0.25) is 10.0 Å². The third-order valence-electron chi connectivity index (χ3n) is 2.66. The van der Waals surface area contributed by atoms with Crippen molar-refractivity contribution >= 4 is 38.9 Å². The van der Waals surface area contributed by atoms with Gasteiger partial charge in [-0.05, 0) is 19.1 Å². The molecule has 1 unspecified atom stereocenters. The molecule has 0 saturated carbocycles. The lowest BCUT2D eigenvalue weighted by Gasteiger charge is -2.15. The molecule has 108 valence electrons. The van der Waals surface area contributed by atoms with Gasteiger partial charge in [-0.25, -0.2) is 13.1 Å². The first-order valence-electron chi connectivity index (χ1n) is 5.57. The van der Waals surface area contributed by atoms with E-state index >= 15 is 0 Å². The minimum atomic E-state index is -3.87. The fraction of sp³-hybridized carbons (Fsp3) is 0.182. The first kappa shape index (κ1) is 15.1. The predicted molar refractivity (Wildman–Crippen MR) is 78.2 cm³/mol. The summed E-state index contributed by atoms with van der Waals surface area (Å²) in [6.45, 7) is 1.68. The van der Waals surface area contributed by atoms with Crippen LogP contribution in [0.3, 0.4) is 0 Å². The topological polar surface area (TPSA) is 101 Å². The molecule has 0 aliphatic carbocycles. The molecule has 1 aromatic carbocycles. The average Bonchev–Trinajstić information content (AvgIpc) is 2.78. The molecule has 4 N–H and O–H groups in total. The minimum Gasteiger partial charge on any atom is -0.398 e. The van der Waals surface area contributed by atoms with Crippen molar-refractivity contribution in [1.29, 1.82) is 0 Å². The molecule has 0 saturated heterocycles. The van der Waals surface area contributed by atoms with E-state index in [4.69, 9.17) is 28.9 Å². The highest BCUT2D eigenvalue weighted by molar-refractivity contribution is 7.89. The van der Waals surface area contributed by atoms with E-state index in [-0.39, 0.29) is 20.6 Å². The van der Waals surface area contributed by atoms with Gasteiger partial charge in [0.2, 0.25) is 10.0 Å². The number of nitrogens with two attached hydrogens (primary N) is 1. The molecule has 9 heteroatoms. The molecule has 0 aliphatic rings. The summed E-state index contributed by atoms with van der Waals surface area (Å²) in [5, 5.41) is 6.62. The van der Waals surface area contributed by atoms with Crippen molar-refractivity contribution in [3.05, 3.63) is 40.1 Å². The Morgan fingerprint density at radius 2 is 2.10 bits per heavy atom. The summed E-state index contributed by atoms with van der Waals surface area (Å²) in [4.78, 5) is -0.182. The predicted octanol–water partition coefficient (Wildman–Crippen LogP) is 2.34. The SMILES string of the molecule is CC(NS(=O)(=O)c1c(N)cc(Cl)cc1Cl)c1cn[nH]c1. The summed E-state index contributed by atoms with van der Waals surface area (Å²) in [6, 6.07) is 2.19. The maximum Gasteiger partial charge on any atom is 0.244 e. The van der Waals surface area contributed by atoms with Gasteiger partial charge < -0.3 is 5.73 Å². The highest BCUT2D eigenvalue weighted by atomic mass is 35.5. The molecule has 2 rings (SSSR count). The van der Waals surface area contributed by atoms with E-state index in [1.54, 1.807) is 13.1 Å². The van der Waals surface area contributed by atoms with Gasteiger partial charge in [0.25, 0.3) is 0 Å². The van der Waals surface area contributed by atoms with Gasteiger partial charge in [-0.3, -0.25) is 5.10 Å².